The van der Waals surface area contributed by atoms with E-state index >= 15 is 0 Å². The number of rotatable bonds is 5. The van der Waals surface area contributed by atoms with E-state index in [9.17, 15) is 4.79 Å². The van der Waals surface area contributed by atoms with Gasteiger partial charge in [-0.3, -0.25) is 4.79 Å². The van der Waals surface area contributed by atoms with E-state index in [1.54, 1.807) is 0 Å². The van der Waals surface area contributed by atoms with Gasteiger partial charge in [-0.15, -0.1) is 6.58 Å². The van der Waals surface area contributed by atoms with E-state index in [0.717, 1.165) is 28.8 Å². The summed E-state index contributed by atoms with van der Waals surface area (Å²) in [5.74, 6) is -0.112. The van der Waals surface area contributed by atoms with Gasteiger partial charge >= 0.3 is 0 Å². The van der Waals surface area contributed by atoms with Gasteiger partial charge in [0, 0.05) is 18.5 Å². The molecule has 0 fully saturated rings. The molecule has 0 aromatic heterocycles. The van der Waals surface area contributed by atoms with E-state index in [1.165, 1.54) is 0 Å². The lowest BCUT2D eigenvalue weighted by Crippen LogP contribution is -2.35. The first kappa shape index (κ1) is 14.3. The monoisotopic (exact) mass is 272 g/mol. The summed E-state index contributed by atoms with van der Waals surface area (Å²) in [6, 6.07) is 7.97. The first-order valence-corrected chi connectivity index (χ1v) is 6.78. The number of aryl methyl sites for hydroxylation is 1. The minimum absolute atomic E-state index is 0.112. The number of oxime groups is 1. The second-order valence-electron chi connectivity index (χ2n) is 5.15. The van der Waals surface area contributed by atoms with Gasteiger partial charge in [-0.2, -0.15) is 0 Å². The molecule has 2 rings (SSSR count). The maximum absolute atomic E-state index is 11.9. The average Bonchev–Trinajstić information content (AvgIpc) is 2.88. The van der Waals surface area contributed by atoms with Crippen LogP contribution >= 0.6 is 0 Å². The lowest BCUT2D eigenvalue weighted by atomic mass is 10.0. The van der Waals surface area contributed by atoms with E-state index < -0.39 is 6.10 Å². The van der Waals surface area contributed by atoms with Crippen LogP contribution in [0.15, 0.2) is 41.6 Å². The summed E-state index contributed by atoms with van der Waals surface area (Å²) in [4.78, 5) is 17.2. The topological polar surface area (TPSA) is 50.7 Å². The number of hydrogen-bond donors (Lipinski definition) is 1. The van der Waals surface area contributed by atoms with Crippen LogP contribution in [-0.4, -0.2) is 24.3 Å². The van der Waals surface area contributed by atoms with Crippen molar-refractivity contribution in [1.29, 1.82) is 0 Å². The molecule has 1 atom stereocenters. The zero-order valence-electron chi connectivity index (χ0n) is 12.0. The van der Waals surface area contributed by atoms with Gasteiger partial charge in [0.05, 0.1) is 5.71 Å². The molecule has 106 valence electrons. The molecular weight excluding hydrogens is 252 g/mol. The minimum atomic E-state index is -0.519. The predicted molar refractivity (Wildman–Crippen MR) is 79.6 cm³/mol. The van der Waals surface area contributed by atoms with Crippen LogP contribution in [0.25, 0.3) is 0 Å². The summed E-state index contributed by atoms with van der Waals surface area (Å²) in [5.41, 5.74) is 4.07. The number of hydrogen-bond acceptors (Lipinski definition) is 3. The average molecular weight is 272 g/mol. The third kappa shape index (κ3) is 3.47. The summed E-state index contributed by atoms with van der Waals surface area (Å²) in [6.45, 7) is 8.36. The third-order valence-electron chi connectivity index (χ3n) is 3.27. The lowest BCUT2D eigenvalue weighted by molar-refractivity contribution is -0.131. The van der Waals surface area contributed by atoms with Gasteiger partial charge < -0.3 is 10.2 Å². The first-order chi connectivity index (χ1) is 9.58. The van der Waals surface area contributed by atoms with E-state index in [1.807, 2.05) is 38.1 Å². The fraction of sp³-hybridized carbons (Fsp3) is 0.375. The SMILES string of the molecule is C=C(C)CCNC(=O)C1CC(c2ccccc2C)=NO1. The molecule has 1 amide bonds. The van der Waals surface area contributed by atoms with Gasteiger partial charge in [-0.05, 0) is 25.8 Å². The number of carbonyl (C=O) groups excluding carboxylic acids is 1. The van der Waals surface area contributed by atoms with E-state index in [-0.39, 0.29) is 5.91 Å². The highest BCUT2D eigenvalue weighted by Crippen LogP contribution is 2.19. The zero-order valence-corrected chi connectivity index (χ0v) is 12.0. The van der Waals surface area contributed by atoms with Crippen LogP contribution in [0.2, 0.25) is 0 Å². The van der Waals surface area contributed by atoms with Crippen molar-refractivity contribution >= 4 is 11.6 Å². The standard InChI is InChI=1S/C16H20N2O2/c1-11(2)8-9-17-16(19)15-10-14(18-20-15)13-7-5-4-6-12(13)3/h4-7,15H,1,8-10H2,2-3H3,(H,17,19). The fourth-order valence-electron chi connectivity index (χ4n) is 2.09. The molecular formula is C16H20N2O2. The smallest absolute Gasteiger partial charge is 0.264 e. The van der Waals surface area contributed by atoms with Crippen molar-refractivity contribution in [3.63, 3.8) is 0 Å². The van der Waals surface area contributed by atoms with Gasteiger partial charge in [0.1, 0.15) is 0 Å². The number of nitrogens with zero attached hydrogens (tertiary/aromatic N) is 1. The Bertz CT molecular complexity index is 549. The van der Waals surface area contributed by atoms with Crippen molar-refractivity contribution in [2.24, 2.45) is 5.16 Å². The predicted octanol–water partition coefficient (Wildman–Crippen LogP) is 2.57. The maximum Gasteiger partial charge on any atom is 0.264 e. The normalized spacial score (nSPS) is 17.3. The van der Waals surface area contributed by atoms with Crippen molar-refractivity contribution in [3.05, 3.63) is 47.5 Å². The molecule has 1 unspecified atom stereocenters. The Hall–Kier alpha value is -2.10. The highest BCUT2D eigenvalue weighted by atomic mass is 16.6. The van der Waals surface area contributed by atoms with Gasteiger partial charge in [-0.25, -0.2) is 0 Å². The molecule has 4 heteroatoms. The molecule has 0 radical (unpaired) electrons. The van der Waals surface area contributed by atoms with Crippen LogP contribution in [0.5, 0.6) is 0 Å². The molecule has 20 heavy (non-hydrogen) atoms. The highest BCUT2D eigenvalue weighted by Gasteiger charge is 2.28. The van der Waals surface area contributed by atoms with E-state index in [2.05, 4.69) is 17.1 Å². The molecule has 4 nitrogen and oxygen atoms in total. The van der Waals surface area contributed by atoms with Crippen LogP contribution in [0.3, 0.4) is 0 Å². The van der Waals surface area contributed by atoms with Gasteiger partial charge in [0.25, 0.3) is 5.91 Å². The van der Waals surface area contributed by atoms with Crippen molar-refractivity contribution < 1.29 is 9.63 Å². The number of carbonyl (C=O) groups is 1. The van der Waals surface area contributed by atoms with Crippen LogP contribution in [-0.2, 0) is 9.63 Å². The zero-order chi connectivity index (χ0) is 14.5. The first-order valence-electron chi connectivity index (χ1n) is 6.78. The molecule has 0 saturated carbocycles. The molecule has 1 heterocycles. The Balaban J connectivity index is 1.90. The largest absolute Gasteiger partial charge is 0.382 e. The fourth-order valence-corrected chi connectivity index (χ4v) is 2.09. The van der Waals surface area contributed by atoms with E-state index in [0.29, 0.717) is 13.0 Å². The van der Waals surface area contributed by atoms with Crippen molar-refractivity contribution in [3.8, 4) is 0 Å². The van der Waals surface area contributed by atoms with Crippen LogP contribution < -0.4 is 5.32 Å². The van der Waals surface area contributed by atoms with Gasteiger partial charge in [0.15, 0.2) is 0 Å². The molecule has 0 spiro atoms. The quantitative estimate of drug-likeness (QED) is 0.838. The molecule has 1 aliphatic rings. The molecule has 1 N–H and O–H groups in total. The van der Waals surface area contributed by atoms with Gasteiger partial charge in [0.2, 0.25) is 6.10 Å². The third-order valence-corrected chi connectivity index (χ3v) is 3.27. The summed E-state index contributed by atoms with van der Waals surface area (Å²) in [6.07, 6.45) is 0.781. The highest BCUT2D eigenvalue weighted by molar-refractivity contribution is 6.05. The molecule has 0 saturated heterocycles. The lowest BCUT2D eigenvalue weighted by Gasteiger charge is -2.09. The minimum Gasteiger partial charge on any atom is -0.382 e. The molecule has 1 aromatic carbocycles. The Morgan fingerprint density at radius 3 is 2.95 bits per heavy atom. The number of amides is 1. The number of benzene rings is 1. The summed E-state index contributed by atoms with van der Waals surface area (Å²) < 4.78 is 0. The van der Waals surface area contributed by atoms with Crippen LogP contribution in [0.4, 0.5) is 0 Å². The Labute approximate surface area is 119 Å². The van der Waals surface area contributed by atoms with Crippen molar-refractivity contribution in [2.45, 2.75) is 32.8 Å². The number of nitrogens with one attached hydrogen (secondary N) is 1. The summed E-state index contributed by atoms with van der Waals surface area (Å²) in [5, 5.41) is 6.90. The van der Waals surface area contributed by atoms with E-state index in [4.69, 9.17) is 4.84 Å². The van der Waals surface area contributed by atoms with Crippen molar-refractivity contribution in [2.75, 3.05) is 6.54 Å². The molecule has 0 bridgehead atoms. The van der Waals surface area contributed by atoms with Gasteiger partial charge in [-0.1, -0.05) is 35.0 Å². The second-order valence-corrected chi connectivity index (χ2v) is 5.15. The molecule has 1 aromatic rings. The maximum atomic E-state index is 11.9. The Morgan fingerprint density at radius 2 is 2.25 bits per heavy atom. The van der Waals surface area contributed by atoms with Crippen molar-refractivity contribution in [1.82, 2.24) is 5.32 Å². The summed E-state index contributed by atoms with van der Waals surface area (Å²) >= 11 is 0. The van der Waals surface area contributed by atoms with Crippen LogP contribution in [0.1, 0.15) is 30.9 Å². The Morgan fingerprint density at radius 1 is 1.50 bits per heavy atom. The Kier molecular flexibility index (Phi) is 4.56. The summed E-state index contributed by atoms with van der Waals surface area (Å²) in [7, 11) is 0. The second kappa shape index (κ2) is 6.37. The van der Waals surface area contributed by atoms with Crippen LogP contribution in [0, 0.1) is 6.92 Å². The molecule has 0 aliphatic carbocycles. The molecule has 1 aliphatic heterocycles.